The number of nitrogens with one attached hydrogen (secondary N) is 1. The van der Waals surface area contributed by atoms with Gasteiger partial charge in [-0.25, -0.2) is 0 Å². The second-order valence-electron chi connectivity index (χ2n) is 4.86. The third-order valence-corrected chi connectivity index (χ3v) is 3.97. The molecule has 0 bridgehead atoms. The Morgan fingerprint density at radius 3 is 2.78 bits per heavy atom. The first-order valence-corrected chi connectivity index (χ1v) is 6.76. The van der Waals surface area contributed by atoms with Crippen LogP contribution in [0.15, 0.2) is 43.0 Å². The lowest BCUT2D eigenvalue weighted by Gasteiger charge is -2.18. The van der Waals surface area contributed by atoms with Crippen LogP contribution in [0.25, 0.3) is 11.3 Å². The fourth-order valence-electron chi connectivity index (χ4n) is 2.74. The lowest BCUT2D eigenvalue weighted by molar-refractivity contribution is 0.624. The van der Waals surface area contributed by atoms with E-state index < -0.39 is 0 Å². The van der Waals surface area contributed by atoms with Crippen molar-refractivity contribution in [3.63, 3.8) is 0 Å². The summed E-state index contributed by atoms with van der Waals surface area (Å²) in [4.78, 5) is 3.54. The maximum absolute atomic E-state index is 5.92. The van der Waals surface area contributed by atoms with Crippen LogP contribution < -0.4 is 0 Å². The number of aryl methyl sites for hydroxylation is 1. The Morgan fingerprint density at radius 2 is 2.06 bits per heavy atom. The summed E-state index contributed by atoms with van der Waals surface area (Å²) in [7, 11) is 0. The van der Waals surface area contributed by atoms with Crippen LogP contribution in [0.3, 0.4) is 0 Å². The number of benzene rings is 1. The molecule has 0 saturated heterocycles. The highest BCUT2D eigenvalue weighted by Crippen LogP contribution is 2.35. The number of rotatable bonds is 2. The van der Waals surface area contributed by atoms with Gasteiger partial charge in [0.25, 0.3) is 0 Å². The summed E-state index contributed by atoms with van der Waals surface area (Å²) in [6.07, 6.45) is 5.67. The number of aromatic nitrogens is 1. The molecule has 1 aliphatic rings. The van der Waals surface area contributed by atoms with Crippen LogP contribution in [0, 0.1) is 0 Å². The van der Waals surface area contributed by atoms with E-state index in [-0.39, 0.29) is 0 Å². The van der Waals surface area contributed by atoms with Crippen LogP contribution in [0.5, 0.6) is 0 Å². The van der Waals surface area contributed by atoms with Crippen LogP contribution in [-0.4, -0.2) is 4.98 Å². The van der Waals surface area contributed by atoms with Crippen LogP contribution in [0.4, 0.5) is 0 Å². The normalized spacial score (nSPS) is 18.4. The summed E-state index contributed by atoms with van der Waals surface area (Å²) in [5, 5.41) is 0.777. The molecule has 2 aromatic rings. The van der Waals surface area contributed by atoms with E-state index in [9.17, 15) is 0 Å². The minimum absolute atomic E-state index is 0.506. The van der Waals surface area contributed by atoms with Gasteiger partial charge in [-0.05, 0) is 48.6 Å². The van der Waals surface area contributed by atoms with Gasteiger partial charge in [0.1, 0.15) is 0 Å². The third-order valence-electron chi connectivity index (χ3n) is 3.71. The summed E-state index contributed by atoms with van der Waals surface area (Å²) >= 11 is 5.92. The second kappa shape index (κ2) is 4.66. The molecular weight excluding hydrogens is 242 g/mol. The lowest BCUT2D eigenvalue weighted by Crippen LogP contribution is -2.05. The molecule has 0 aliphatic heterocycles. The molecule has 3 rings (SSSR count). The summed E-state index contributed by atoms with van der Waals surface area (Å²) in [6.45, 7) is 3.95. The number of aromatic amines is 1. The van der Waals surface area contributed by atoms with Crippen LogP contribution in [0.2, 0.25) is 5.02 Å². The van der Waals surface area contributed by atoms with Gasteiger partial charge >= 0.3 is 0 Å². The van der Waals surface area contributed by atoms with E-state index in [0.717, 1.165) is 11.4 Å². The zero-order valence-corrected chi connectivity index (χ0v) is 11.0. The quantitative estimate of drug-likeness (QED) is 0.734. The van der Waals surface area contributed by atoms with Crippen LogP contribution >= 0.6 is 11.6 Å². The van der Waals surface area contributed by atoms with Crippen molar-refractivity contribution < 1.29 is 0 Å². The molecule has 1 aromatic heterocycles. The Balaban J connectivity index is 2.02. The topological polar surface area (TPSA) is 15.8 Å². The van der Waals surface area contributed by atoms with Gasteiger partial charge in [0.2, 0.25) is 0 Å². The fourth-order valence-corrected chi connectivity index (χ4v) is 2.86. The highest BCUT2D eigenvalue weighted by Gasteiger charge is 2.20. The molecule has 0 radical (unpaired) electrons. The minimum atomic E-state index is 0.506. The Morgan fingerprint density at radius 1 is 1.28 bits per heavy atom. The maximum atomic E-state index is 5.92. The van der Waals surface area contributed by atoms with E-state index in [2.05, 4.69) is 35.8 Å². The number of halogens is 1. The number of hydrogen-bond acceptors (Lipinski definition) is 0. The maximum Gasteiger partial charge on any atom is 0.0459 e. The summed E-state index contributed by atoms with van der Waals surface area (Å²) in [5.41, 5.74) is 5.17. The molecule has 0 unspecified atom stereocenters. The fraction of sp³-hybridized carbons (Fsp3) is 0.250. The van der Waals surface area contributed by atoms with Gasteiger partial charge in [-0.1, -0.05) is 29.8 Å². The molecule has 2 heteroatoms. The zero-order chi connectivity index (χ0) is 12.5. The average Bonchev–Trinajstić information content (AvgIpc) is 2.83. The Hall–Kier alpha value is -1.47. The van der Waals surface area contributed by atoms with Crippen LogP contribution in [-0.2, 0) is 6.42 Å². The molecule has 1 aliphatic carbocycles. The van der Waals surface area contributed by atoms with E-state index in [1.54, 1.807) is 0 Å². The largest absolute Gasteiger partial charge is 0.358 e. The van der Waals surface area contributed by atoms with Crippen molar-refractivity contribution in [3.8, 4) is 11.3 Å². The first-order chi connectivity index (χ1) is 8.78. The number of fused-ring (bicyclic) bond motifs is 1. The molecule has 1 N–H and O–H groups in total. The Bertz CT molecular complexity index is 565. The first kappa shape index (κ1) is 11.6. The standard InChI is InChI=1S/C16H16ClN/c1-2-11-4-3-5-15-14(11)10-16(18-15)12-6-8-13(17)9-7-12/h2,6-11,18H,1,3-5H2/t11-/m0/s1. The molecule has 1 heterocycles. The molecule has 1 aromatic carbocycles. The predicted octanol–water partition coefficient (Wildman–Crippen LogP) is 4.94. The van der Waals surface area contributed by atoms with E-state index in [4.69, 9.17) is 11.6 Å². The zero-order valence-electron chi connectivity index (χ0n) is 10.2. The van der Waals surface area contributed by atoms with Crippen molar-refractivity contribution in [2.24, 2.45) is 0 Å². The molecule has 92 valence electrons. The van der Waals surface area contributed by atoms with Gasteiger partial charge in [0, 0.05) is 22.3 Å². The van der Waals surface area contributed by atoms with Crippen molar-refractivity contribution in [3.05, 3.63) is 59.3 Å². The molecular formula is C16H16ClN. The van der Waals surface area contributed by atoms with Crippen molar-refractivity contribution in [1.82, 2.24) is 4.98 Å². The number of H-pyrrole nitrogens is 1. The van der Waals surface area contributed by atoms with Gasteiger partial charge in [0.05, 0.1) is 0 Å². The SMILES string of the molecule is C=C[C@H]1CCCc2[nH]c(-c3ccc(Cl)cc3)cc21. The van der Waals surface area contributed by atoms with Gasteiger partial charge in [-0.2, -0.15) is 0 Å². The predicted molar refractivity (Wildman–Crippen MR) is 77.1 cm³/mol. The molecule has 0 fully saturated rings. The Labute approximate surface area is 112 Å². The molecule has 0 spiro atoms. The average molecular weight is 258 g/mol. The van der Waals surface area contributed by atoms with Gasteiger partial charge < -0.3 is 4.98 Å². The van der Waals surface area contributed by atoms with Gasteiger partial charge in [-0.3, -0.25) is 0 Å². The van der Waals surface area contributed by atoms with Crippen molar-refractivity contribution in [2.75, 3.05) is 0 Å². The van der Waals surface area contributed by atoms with E-state index >= 15 is 0 Å². The summed E-state index contributed by atoms with van der Waals surface area (Å²) in [5.74, 6) is 0.506. The van der Waals surface area contributed by atoms with E-state index in [1.165, 1.54) is 35.4 Å². The third kappa shape index (κ3) is 1.99. The molecule has 1 nitrogen and oxygen atoms in total. The Kier molecular flexibility index (Phi) is 3.00. The van der Waals surface area contributed by atoms with Crippen molar-refractivity contribution >= 4 is 11.6 Å². The van der Waals surface area contributed by atoms with Crippen LogP contribution in [0.1, 0.15) is 30.0 Å². The monoisotopic (exact) mass is 257 g/mol. The minimum Gasteiger partial charge on any atom is -0.358 e. The second-order valence-corrected chi connectivity index (χ2v) is 5.29. The number of hydrogen-bond donors (Lipinski definition) is 1. The molecule has 0 amide bonds. The summed E-state index contributed by atoms with van der Waals surface area (Å²) < 4.78 is 0. The smallest absolute Gasteiger partial charge is 0.0459 e. The highest BCUT2D eigenvalue weighted by molar-refractivity contribution is 6.30. The first-order valence-electron chi connectivity index (χ1n) is 6.38. The molecule has 1 atom stereocenters. The molecule has 18 heavy (non-hydrogen) atoms. The van der Waals surface area contributed by atoms with Gasteiger partial charge in [-0.15, -0.1) is 6.58 Å². The number of allylic oxidation sites excluding steroid dienone is 1. The lowest BCUT2D eigenvalue weighted by atomic mass is 9.87. The van der Waals surface area contributed by atoms with Crippen molar-refractivity contribution in [2.45, 2.75) is 25.2 Å². The highest BCUT2D eigenvalue weighted by atomic mass is 35.5. The van der Waals surface area contributed by atoms with E-state index in [0.29, 0.717) is 5.92 Å². The summed E-state index contributed by atoms with van der Waals surface area (Å²) in [6, 6.07) is 10.2. The van der Waals surface area contributed by atoms with E-state index in [1.807, 2.05) is 12.1 Å². The van der Waals surface area contributed by atoms with Crippen molar-refractivity contribution in [1.29, 1.82) is 0 Å². The van der Waals surface area contributed by atoms with Gasteiger partial charge in [0.15, 0.2) is 0 Å². The molecule has 0 saturated carbocycles.